The highest BCUT2D eigenvalue weighted by Gasteiger charge is 2.33. The molecule has 8 heteroatoms. The molecule has 1 fully saturated rings. The van der Waals surface area contributed by atoms with Crippen molar-refractivity contribution in [3.8, 4) is 0 Å². The van der Waals surface area contributed by atoms with Crippen molar-refractivity contribution in [3.63, 3.8) is 0 Å². The maximum Gasteiger partial charge on any atom is 0.345 e. The molecule has 0 aliphatic heterocycles. The van der Waals surface area contributed by atoms with Gasteiger partial charge in [0.15, 0.2) is 5.13 Å². The van der Waals surface area contributed by atoms with Gasteiger partial charge in [-0.05, 0) is 41.9 Å². The van der Waals surface area contributed by atoms with Gasteiger partial charge >= 0.3 is 5.00 Å². The van der Waals surface area contributed by atoms with Crippen molar-refractivity contribution < 1.29 is 14.4 Å². The van der Waals surface area contributed by atoms with E-state index in [0.29, 0.717) is 10.7 Å². The number of aromatic nitrogens is 1. The third-order valence-electron chi connectivity index (χ3n) is 3.52. The topological polar surface area (TPSA) is 79.5 Å². The van der Waals surface area contributed by atoms with Gasteiger partial charge in [-0.25, -0.2) is 9.37 Å². The SMILES string of the molecule is O=[N+]([O-])c1cnc(N(C[C@@H](O)c2ccc(F)cc2)C2CC2)s1. The highest BCUT2D eigenvalue weighted by molar-refractivity contribution is 7.18. The Morgan fingerprint density at radius 1 is 1.45 bits per heavy atom. The fraction of sp³-hybridized carbons (Fsp3) is 0.357. The minimum atomic E-state index is -0.802. The summed E-state index contributed by atoms with van der Waals surface area (Å²) in [6, 6.07) is 5.92. The van der Waals surface area contributed by atoms with E-state index in [9.17, 15) is 19.6 Å². The molecule has 0 spiro atoms. The molecule has 6 nitrogen and oxygen atoms in total. The third-order valence-corrected chi connectivity index (χ3v) is 4.51. The van der Waals surface area contributed by atoms with Crippen LogP contribution in [-0.2, 0) is 0 Å². The molecule has 1 N–H and O–H groups in total. The van der Waals surface area contributed by atoms with Crippen LogP contribution in [-0.4, -0.2) is 27.6 Å². The summed E-state index contributed by atoms with van der Waals surface area (Å²) in [7, 11) is 0. The van der Waals surface area contributed by atoms with Crippen LogP contribution in [0.5, 0.6) is 0 Å². The Kier molecular flexibility index (Phi) is 4.04. The summed E-state index contributed by atoms with van der Waals surface area (Å²) in [5.41, 5.74) is 0.609. The summed E-state index contributed by atoms with van der Waals surface area (Å²) in [6.07, 6.45) is 2.39. The van der Waals surface area contributed by atoms with Crippen molar-refractivity contribution in [2.24, 2.45) is 0 Å². The summed E-state index contributed by atoms with van der Waals surface area (Å²) >= 11 is 1.00. The maximum atomic E-state index is 12.9. The normalized spacial score (nSPS) is 15.5. The van der Waals surface area contributed by atoms with Crippen LogP contribution in [0.1, 0.15) is 24.5 Å². The molecule has 22 heavy (non-hydrogen) atoms. The number of thiazole rings is 1. The molecule has 0 radical (unpaired) electrons. The van der Waals surface area contributed by atoms with E-state index in [1.165, 1.54) is 30.5 Å². The molecule has 2 aromatic rings. The number of anilines is 1. The van der Waals surface area contributed by atoms with Crippen molar-refractivity contribution in [1.29, 1.82) is 0 Å². The smallest absolute Gasteiger partial charge is 0.345 e. The van der Waals surface area contributed by atoms with Gasteiger partial charge < -0.3 is 10.0 Å². The van der Waals surface area contributed by atoms with E-state index in [0.717, 1.165) is 24.2 Å². The number of nitrogens with zero attached hydrogens (tertiary/aromatic N) is 3. The van der Waals surface area contributed by atoms with Crippen LogP contribution in [0.2, 0.25) is 0 Å². The molecule has 3 rings (SSSR count). The van der Waals surface area contributed by atoms with Crippen molar-refractivity contribution in [2.75, 3.05) is 11.4 Å². The van der Waals surface area contributed by atoms with Gasteiger partial charge in [-0.2, -0.15) is 0 Å². The van der Waals surface area contributed by atoms with Gasteiger partial charge in [-0.3, -0.25) is 10.1 Å². The van der Waals surface area contributed by atoms with Crippen molar-refractivity contribution in [1.82, 2.24) is 4.98 Å². The highest BCUT2D eigenvalue weighted by Crippen LogP contribution is 2.37. The fourth-order valence-corrected chi connectivity index (χ4v) is 3.03. The minimum Gasteiger partial charge on any atom is -0.387 e. The Balaban J connectivity index is 1.76. The van der Waals surface area contributed by atoms with Crippen molar-refractivity contribution in [2.45, 2.75) is 25.0 Å². The van der Waals surface area contributed by atoms with Crippen molar-refractivity contribution in [3.05, 3.63) is 52.0 Å². The zero-order valence-electron chi connectivity index (χ0n) is 11.6. The first-order chi connectivity index (χ1) is 10.5. The van der Waals surface area contributed by atoms with Gasteiger partial charge in [0.25, 0.3) is 0 Å². The molecule has 0 saturated heterocycles. The molecule has 116 valence electrons. The minimum absolute atomic E-state index is 0.0167. The van der Waals surface area contributed by atoms with Crippen LogP contribution >= 0.6 is 11.3 Å². The molecule has 1 aromatic heterocycles. The summed E-state index contributed by atoms with van der Waals surface area (Å²) in [6.45, 7) is 0.279. The lowest BCUT2D eigenvalue weighted by atomic mass is 10.1. The van der Waals surface area contributed by atoms with Crippen LogP contribution in [0, 0.1) is 15.9 Å². The van der Waals surface area contributed by atoms with E-state index >= 15 is 0 Å². The lowest BCUT2D eigenvalue weighted by Gasteiger charge is -2.24. The number of hydrogen-bond donors (Lipinski definition) is 1. The van der Waals surface area contributed by atoms with Crippen LogP contribution in [0.3, 0.4) is 0 Å². The van der Waals surface area contributed by atoms with E-state index in [2.05, 4.69) is 4.98 Å². The Bertz CT molecular complexity index is 672. The van der Waals surface area contributed by atoms with Crippen LogP contribution in [0.25, 0.3) is 0 Å². The van der Waals surface area contributed by atoms with Crippen LogP contribution < -0.4 is 4.90 Å². The van der Waals surface area contributed by atoms with Gasteiger partial charge in [-0.1, -0.05) is 12.1 Å². The first-order valence-corrected chi connectivity index (χ1v) is 7.66. The maximum absolute atomic E-state index is 12.9. The molecular weight excluding hydrogens is 309 g/mol. The van der Waals surface area contributed by atoms with Crippen LogP contribution in [0.15, 0.2) is 30.5 Å². The van der Waals surface area contributed by atoms with Crippen LogP contribution in [0.4, 0.5) is 14.5 Å². The average Bonchev–Trinajstić information content (AvgIpc) is 3.21. The largest absolute Gasteiger partial charge is 0.387 e. The zero-order chi connectivity index (χ0) is 15.7. The Labute approximate surface area is 130 Å². The Hall–Kier alpha value is -2.06. The quantitative estimate of drug-likeness (QED) is 0.653. The second-order valence-corrected chi connectivity index (χ2v) is 6.18. The number of benzene rings is 1. The lowest BCUT2D eigenvalue weighted by molar-refractivity contribution is -0.380. The first kappa shape index (κ1) is 14.9. The molecule has 0 bridgehead atoms. The predicted octanol–water partition coefficient (Wildman–Crippen LogP) is 2.89. The molecule has 1 aliphatic rings. The van der Waals surface area contributed by atoms with Gasteiger partial charge in [-0.15, -0.1) is 0 Å². The molecule has 1 heterocycles. The zero-order valence-corrected chi connectivity index (χ0v) is 12.4. The van der Waals surface area contributed by atoms with E-state index < -0.39 is 11.0 Å². The first-order valence-electron chi connectivity index (χ1n) is 6.85. The van der Waals surface area contributed by atoms with E-state index in [-0.39, 0.29) is 23.4 Å². The fourth-order valence-electron chi connectivity index (χ4n) is 2.22. The Morgan fingerprint density at radius 2 is 2.14 bits per heavy atom. The monoisotopic (exact) mass is 323 g/mol. The summed E-state index contributed by atoms with van der Waals surface area (Å²) in [4.78, 5) is 16.3. The standard InChI is InChI=1S/C14H14FN3O3S/c15-10-3-1-9(2-4-10)12(19)8-17(11-5-6-11)14-16-7-13(22-14)18(20)21/h1-4,7,11-12,19H,5-6,8H2/t12-/m1/s1. The number of hydrogen-bond acceptors (Lipinski definition) is 6. The Morgan fingerprint density at radius 3 is 2.68 bits per heavy atom. The number of nitro groups is 1. The number of aliphatic hydroxyl groups excluding tert-OH is 1. The van der Waals surface area contributed by atoms with Gasteiger partial charge in [0.05, 0.1) is 17.6 Å². The molecule has 1 aliphatic carbocycles. The number of aliphatic hydroxyl groups is 1. The van der Waals surface area contributed by atoms with Gasteiger partial charge in [0.2, 0.25) is 0 Å². The van der Waals surface area contributed by atoms with E-state index in [4.69, 9.17) is 0 Å². The number of rotatable bonds is 6. The molecular formula is C14H14FN3O3S. The predicted molar refractivity (Wildman–Crippen MR) is 80.5 cm³/mol. The molecule has 1 saturated carbocycles. The van der Waals surface area contributed by atoms with Crippen molar-refractivity contribution >= 4 is 21.5 Å². The summed E-state index contributed by atoms with van der Waals surface area (Å²) in [5, 5.41) is 21.6. The molecule has 0 amide bonds. The van der Waals surface area contributed by atoms with E-state index in [1.807, 2.05) is 4.90 Å². The average molecular weight is 323 g/mol. The second kappa shape index (κ2) is 5.98. The lowest BCUT2D eigenvalue weighted by Crippen LogP contribution is -2.30. The molecule has 0 unspecified atom stereocenters. The number of halogens is 1. The third kappa shape index (κ3) is 3.23. The molecule has 1 atom stereocenters. The highest BCUT2D eigenvalue weighted by atomic mass is 32.1. The second-order valence-electron chi connectivity index (χ2n) is 5.19. The molecule has 1 aromatic carbocycles. The van der Waals surface area contributed by atoms with Gasteiger partial charge in [0, 0.05) is 6.04 Å². The summed E-state index contributed by atoms with van der Waals surface area (Å²) in [5.74, 6) is -0.356. The van der Waals surface area contributed by atoms with E-state index in [1.54, 1.807) is 0 Å². The van der Waals surface area contributed by atoms with Gasteiger partial charge in [0.1, 0.15) is 12.0 Å². The summed E-state index contributed by atoms with van der Waals surface area (Å²) < 4.78 is 12.9.